The molecule has 6 nitrogen and oxygen atoms in total. The van der Waals surface area contributed by atoms with Crippen LogP contribution in [0.4, 0.5) is 0 Å². The van der Waals surface area contributed by atoms with Crippen molar-refractivity contribution in [1.82, 2.24) is 5.32 Å². The van der Waals surface area contributed by atoms with E-state index in [1.165, 1.54) is 7.11 Å². The number of nitrogens with one attached hydrogen (secondary N) is 1. The molecule has 7 heteroatoms. The van der Waals surface area contributed by atoms with E-state index >= 15 is 0 Å². The van der Waals surface area contributed by atoms with Crippen molar-refractivity contribution in [3.63, 3.8) is 0 Å². The van der Waals surface area contributed by atoms with Gasteiger partial charge in [-0.1, -0.05) is 28.9 Å². The molecule has 0 aliphatic carbocycles. The zero-order valence-electron chi connectivity index (χ0n) is 9.81. The molecule has 1 aromatic carbocycles. The van der Waals surface area contributed by atoms with Gasteiger partial charge in [-0.2, -0.15) is 0 Å². The number of allylic oxidation sites excluding steroid dienone is 1. The Morgan fingerprint density at radius 2 is 2.05 bits per heavy atom. The Balaban J connectivity index is 2.60. The van der Waals surface area contributed by atoms with E-state index in [4.69, 9.17) is 21.5 Å². The molecule has 1 amide bonds. The van der Waals surface area contributed by atoms with E-state index in [9.17, 15) is 9.59 Å². The van der Waals surface area contributed by atoms with Crippen LogP contribution in [0.3, 0.4) is 0 Å². The van der Waals surface area contributed by atoms with Crippen molar-refractivity contribution < 1.29 is 19.5 Å². The molecule has 0 aromatic heterocycles. The Bertz CT molecular complexity index is 622. The van der Waals surface area contributed by atoms with Gasteiger partial charge in [-0.25, -0.2) is 0 Å². The number of oxime groups is 1. The quantitative estimate of drug-likeness (QED) is 0.369. The zero-order chi connectivity index (χ0) is 14.0. The summed E-state index contributed by atoms with van der Waals surface area (Å²) in [5, 5.41) is 13.9. The number of methoxy groups -OCH3 is 1. The van der Waals surface area contributed by atoms with E-state index in [2.05, 4.69) is 10.5 Å². The molecule has 19 heavy (non-hydrogen) atoms. The highest BCUT2D eigenvalue weighted by atomic mass is 35.5. The number of amides is 1. The molecule has 0 unspecified atom stereocenters. The monoisotopic (exact) mass is 280 g/mol. The standard InChI is InChI=1S/C12H9ClN2O4/c1-19-11(6-4-2-3-5-7(6)13)8-10(16)9(15-18)12(17)14-8/h2-5,18H,1H3,(H,14,17)/b11-8-,15-9-. The second-order valence-electron chi connectivity index (χ2n) is 3.62. The van der Waals surface area contributed by atoms with E-state index < -0.39 is 17.4 Å². The molecule has 1 heterocycles. The molecule has 0 atom stereocenters. The molecule has 0 radical (unpaired) electrons. The van der Waals surface area contributed by atoms with Crippen molar-refractivity contribution in [3.05, 3.63) is 40.5 Å². The average molecular weight is 281 g/mol. The summed E-state index contributed by atoms with van der Waals surface area (Å²) in [5.74, 6) is -1.42. The number of hydrogen-bond acceptors (Lipinski definition) is 5. The number of Topliss-reactive ketones (excluding diaryl/α,β-unsaturated/α-hetero) is 1. The molecule has 0 spiro atoms. The van der Waals surface area contributed by atoms with E-state index in [1.54, 1.807) is 24.3 Å². The Morgan fingerprint density at radius 3 is 2.58 bits per heavy atom. The maximum absolute atomic E-state index is 11.9. The Labute approximate surface area is 113 Å². The number of carbonyl (C=O) groups is 2. The van der Waals surface area contributed by atoms with Crippen molar-refractivity contribution in [2.24, 2.45) is 5.16 Å². The highest BCUT2D eigenvalue weighted by Gasteiger charge is 2.37. The molecule has 1 fully saturated rings. The van der Waals surface area contributed by atoms with E-state index in [1.807, 2.05) is 0 Å². The summed E-state index contributed by atoms with van der Waals surface area (Å²) in [6.07, 6.45) is 0. The van der Waals surface area contributed by atoms with Crippen LogP contribution in [-0.4, -0.2) is 29.7 Å². The lowest BCUT2D eigenvalue weighted by atomic mass is 10.1. The predicted molar refractivity (Wildman–Crippen MR) is 67.8 cm³/mol. The van der Waals surface area contributed by atoms with Gasteiger partial charge < -0.3 is 15.3 Å². The molecular weight excluding hydrogens is 272 g/mol. The predicted octanol–water partition coefficient (Wildman–Crippen LogP) is 1.18. The molecule has 2 N–H and O–H groups in total. The van der Waals surface area contributed by atoms with Gasteiger partial charge in [-0.05, 0) is 12.1 Å². The molecule has 0 saturated carbocycles. The minimum Gasteiger partial charge on any atom is -0.494 e. The van der Waals surface area contributed by atoms with E-state index in [-0.39, 0.29) is 11.5 Å². The van der Waals surface area contributed by atoms with Gasteiger partial charge in [-0.3, -0.25) is 9.59 Å². The second kappa shape index (κ2) is 5.11. The third kappa shape index (κ3) is 2.17. The minimum absolute atomic E-state index is 0.103. The molecule has 1 aromatic rings. The molecule has 0 bridgehead atoms. The first-order valence-corrected chi connectivity index (χ1v) is 5.59. The number of ketones is 1. The summed E-state index contributed by atoms with van der Waals surface area (Å²) in [4.78, 5) is 23.3. The minimum atomic E-state index is -0.788. The third-order valence-electron chi connectivity index (χ3n) is 2.55. The SMILES string of the molecule is CO/C(=C1\NC(=O)/C(=N\O)C1=O)c1ccccc1Cl. The second-order valence-corrected chi connectivity index (χ2v) is 4.03. The van der Waals surface area contributed by atoms with E-state index in [0.29, 0.717) is 10.6 Å². The lowest BCUT2D eigenvalue weighted by Gasteiger charge is -2.10. The number of benzene rings is 1. The van der Waals surface area contributed by atoms with Crippen molar-refractivity contribution in [3.8, 4) is 0 Å². The number of rotatable bonds is 2. The summed E-state index contributed by atoms with van der Waals surface area (Å²) in [5.41, 5.74) is -0.237. The fourth-order valence-electron chi connectivity index (χ4n) is 1.69. The van der Waals surface area contributed by atoms with Crippen molar-refractivity contribution in [2.75, 3.05) is 7.11 Å². The first-order valence-electron chi connectivity index (χ1n) is 5.21. The molecule has 98 valence electrons. The van der Waals surface area contributed by atoms with Crippen LogP contribution in [0.1, 0.15) is 5.56 Å². The van der Waals surface area contributed by atoms with E-state index in [0.717, 1.165) is 0 Å². The van der Waals surface area contributed by atoms with Gasteiger partial charge in [0.15, 0.2) is 5.76 Å². The van der Waals surface area contributed by atoms with Crippen LogP contribution < -0.4 is 5.32 Å². The van der Waals surface area contributed by atoms with Crippen molar-refractivity contribution >= 4 is 34.8 Å². The van der Waals surface area contributed by atoms with Gasteiger partial charge in [0.25, 0.3) is 5.91 Å². The van der Waals surface area contributed by atoms with Crippen LogP contribution in [0, 0.1) is 0 Å². The maximum Gasteiger partial charge on any atom is 0.282 e. The highest BCUT2D eigenvalue weighted by molar-refractivity contribution is 6.73. The average Bonchev–Trinajstić information content (AvgIpc) is 2.68. The molecule has 1 aliphatic heterocycles. The number of nitrogens with zero attached hydrogens (tertiary/aromatic N) is 1. The fourth-order valence-corrected chi connectivity index (χ4v) is 1.92. The first-order chi connectivity index (χ1) is 9.10. The Kier molecular flexibility index (Phi) is 3.52. The smallest absolute Gasteiger partial charge is 0.282 e. The Hall–Kier alpha value is -2.34. The van der Waals surface area contributed by atoms with Crippen LogP contribution >= 0.6 is 11.6 Å². The largest absolute Gasteiger partial charge is 0.494 e. The van der Waals surface area contributed by atoms with Gasteiger partial charge in [-0.15, -0.1) is 0 Å². The van der Waals surface area contributed by atoms with Gasteiger partial charge in [0, 0.05) is 5.56 Å². The Morgan fingerprint density at radius 1 is 1.37 bits per heavy atom. The van der Waals surface area contributed by atoms with Crippen molar-refractivity contribution in [1.29, 1.82) is 0 Å². The van der Waals surface area contributed by atoms with Gasteiger partial charge in [0.05, 0.1) is 12.1 Å². The van der Waals surface area contributed by atoms with Crippen LogP contribution in [0.15, 0.2) is 35.1 Å². The summed E-state index contributed by atoms with van der Waals surface area (Å²) in [7, 11) is 1.35. The summed E-state index contributed by atoms with van der Waals surface area (Å²) < 4.78 is 5.14. The molecule has 2 rings (SSSR count). The topological polar surface area (TPSA) is 88.0 Å². The lowest BCUT2D eigenvalue weighted by Crippen LogP contribution is -2.19. The van der Waals surface area contributed by atoms with Gasteiger partial charge in [0.1, 0.15) is 5.70 Å². The van der Waals surface area contributed by atoms with Crippen LogP contribution in [-0.2, 0) is 14.3 Å². The number of carbonyl (C=O) groups excluding carboxylic acids is 2. The van der Waals surface area contributed by atoms with Gasteiger partial charge >= 0.3 is 0 Å². The third-order valence-corrected chi connectivity index (χ3v) is 2.88. The molecule has 1 saturated heterocycles. The fraction of sp³-hybridized carbons (Fsp3) is 0.0833. The lowest BCUT2D eigenvalue weighted by molar-refractivity contribution is -0.113. The molecule has 1 aliphatic rings. The highest BCUT2D eigenvalue weighted by Crippen LogP contribution is 2.27. The number of hydrogen-bond donors (Lipinski definition) is 2. The summed E-state index contributed by atoms with van der Waals surface area (Å²) in [6, 6.07) is 6.70. The number of halogens is 1. The summed E-state index contributed by atoms with van der Waals surface area (Å²) >= 11 is 6.01. The first kappa shape index (κ1) is 13.1. The molecular formula is C12H9ClN2O4. The van der Waals surface area contributed by atoms with Crippen LogP contribution in [0.25, 0.3) is 5.76 Å². The van der Waals surface area contributed by atoms with Gasteiger partial charge in [0.2, 0.25) is 11.5 Å². The van der Waals surface area contributed by atoms with Crippen molar-refractivity contribution in [2.45, 2.75) is 0 Å². The summed E-state index contributed by atoms with van der Waals surface area (Å²) in [6.45, 7) is 0. The number of ether oxygens (including phenoxy) is 1. The maximum atomic E-state index is 11.9. The van der Waals surface area contributed by atoms with Crippen LogP contribution in [0.2, 0.25) is 5.02 Å². The normalized spacial score (nSPS) is 19.6. The van der Waals surface area contributed by atoms with Crippen LogP contribution in [0.5, 0.6) is 0 Å². The zero-order valence-corrected chi connectivity index (χ0v) is 10.6.